The van der Waals surface area contributed by atoms with Gasteiger partial charge in [0.05, 0.1) is 11.2 Å². The van der Waals surface area contributed by atoms with Crippen molar-refractivity contribution in [3.63, 3.8) is 0 Å². The Morgan fingerprint density at radius 2 is 1.97 bits per heavy atom. The van der Waals surface area contributed by atoms with Gasteiger partial charge in [-0.25, -0.2) is 27.7 Å². The normalized spacial score (nSPS) is 16.5. The lowest BCUT2D eigenvalue weighted by molar-refractivity contribution is -0.141. The van der Waals surface area contributed by atoms with E-state index in [0.29, 0.717) is 30.5 Å². The number of aromatic amines is 1. The van der Waals surface area contributed by atoms with Crippen molar-refractivity contribution < 1.29 is 32.7 Å². The molecule has 1 fully saturated rings. The number of H-pyrrole nitrogens is 1. The molecule has 0 radical (unpaired) electrons. The fourth-order valence-corrected chi connectivity index (χ4v) is 5.24. The summed E-state index contributed by atoms with van der Waals surface area (Å²) in [4.78, 5) is 57.1. The molecule has 3 rings (SSSR count). The number of nitrogens with zero attached hydrogens (tertiary/aromatic N) is 2. The van der Waals surface area contributed by atoms with Crippen molar-refractivity contribution >= 4 is 33.8 Å². The molecular weight excluding hydrogens is 504 g/mol. The number of aliphatic carboxylic acids is 1. The first-order chi connectivity index (χ1) is 17.6. The Morgan fingerprint density at radius 3 is 2.65 bits per heavy atom. The van der Waals surface area contributed by atoms with Crippen molar-refractivity contribution in [1.29, 1.82) is 0 Å². The molecule has 13 nitrogen and oxygen atoms in total. The van der Waals surface area contributed by atoms with E-state index in [2.05, 4.69) is 20.6 Å². The van der Waals surface area contributed by atoms with Crippen molar-refractivity contribution in [2.24, 2.45) is 0 Å². The zero-order valence-electron chi connectivity index (χ0n) is 20.3. The number of carboxylic acid groups (broad SMARTS) is 1. The van der Waals surface area contributed by atoms with E-state index in [1.807, 2.05) is 4.72 Å². The molecular formula is C23H30N6O7S. The number of benzene rings is 1. The van der Waals surface area contributed by atoms with Crippen LogP contribution < -0.4 is 15.4 Å². The number of amides is 4. The number of rotatable bonds is 10. The number of aromatic nitrogens is 2. The molecule has 1 saturated heterocycles. The highest BCUT2D eigenvalue weighted by atomic mass is 32.2. The maximum atomic E-state index is 12.8. The number of likely N-dealkylation sites (tertiary alicyclic amines) is 1. The molecule has 0 unspecified atom stereocenters. The Kier molecular flexibility index (Phi) is 9.22. The van der Waals surface area contributed by atoms with E-state index in [0.717, 1.165) is 0 Å². The van der Waals surface area contributed by atoms with Gasteiger partial charge in [-0.2, -0.15) is 0 Å². The number of urea groups is 1. The second kappa shape index (κ2) is 12.3. The molecule has 0 spiro atoms. The number of hydrogen-bond donors (Lipinski definition) is 5. The van der Waals surface area contributed by atoms with E-state index in [1.54, 1.807) is 25.1 Å². The number of sulfonamides is 1. The highest BCUT2D eigenvalue weighted by Gasteiger charge is 2.34. The molecule has 2 aromatic rings. The summed E-state index contributed by atoms with van der Waals surface area (Å²) in [6.45, 7) is 1.72. The molecule has 0 saturated carbocycles. The molecule has 1 aromatic carbocycles. The van der Waals surface area contributed by atoms with Crippen molar-refractivity contribution in [1.82, 2.24) is 30.2 Å². The molecule has 2 heterocycles. The van der Waals surface area contributed by atoms with Crippen LogP contribution in [-0.2, 0) is 30.8 Å². The van der Waals surface area contributed by atoms with Crippen LogP contribution in [0.3, 0.4) is 0 Å². The van der Waals surface area contributed by atoms with Crippen LogP contribution in [0, 0.1) is 6.92 Å². The van der Waals surface area contributed by atoms with Crippen LogP contribution in [-0.4, -0.2) is 77.4 Å². The highest BCUT2D eigenvalue weighted by Crippen LogP contribution is 2.19. The topological polar surface area (TPSA) is 191 Å². The largest absolute Gasteiger partial charge is 0.480 e. The minimum atomic E-state index is -4.13. The number of nitrogens with one attached hydrogen (secondary N) is 4. The third-order valence-corrected chi connectivity index (χ3v) is 7.42. The lowest BCUT2D eigenvalue weighted by Gasteiger charge is -2.34. The SMILES string of the molecule is Cc1ccccc1S(=O)(=O)NC(=O)N1CCCC[C@H]1C(=O)NCCC(=O)N[C@@H](Cc1cnc[nH]1)C(=O)O. The van der Waals surface area contributed by atoms with Gasteiger partial charge in [0.15, 0.2) is 0 Å². The predicted molar refractivity (Wildman–Crippen MR) is 131 cm³/mol. The number of imidazole rings is 1. The van der Waals surface area contributed by atoms with Gasteiger partial charge < -0.3 is 25.6 Å². The first-order valence-electron chi connectivity index (χ1n) is 11.7. The first-order valence-corrected chi connectivity index (χ1v) is 13.2. The monoisotopic (exact) mass is 534 g/mol. The summed E-state index contributed by atoms with van der Waals surface area (Å²) in [5, 5.41) is 14.3. The Morgan fingerprint density at radius 1 is 1.22 bits per heavy atom. The fraction of sp³-hybridized carbons (Fsp3) is 0.435. The molecule has 200 valence electrons. The standard InChI is InChI=1S/C23H30N6O7S/c1-15-6-2-3-8-19(15)37(35,36)28-23(34)29-11-5-4-7-18(29)21(31)25-10-9-20(30)27-17(22(32)33)12-16-13-24-14-26-16/h2-3,6,8,13-14,17-18H,4-5,7,9-12H2,1H3,(H,24,26)(H,25,31)(H,27,30)(H,28,34)(H,32,33)/t17-,18-/m0/s1. The zero-order chi connectivity index (χ0) is 27.0. The lowest BCUT2D eigenvalue weighted by Crippen LogP contribution is -2.55. The van der Waals surface area contributed by atoms with Gasteiger partial charge in [0, 0.05) is 37.8 Å². The second-order valence-corrected chi connectivity index (χ2v) is 10.3. The van der Waals surface area contributed by atoms with E-state index >= 15 is 0 Å². The Hall–Kier alpha value is -3.94. The van der Waals surface area contributed by atoms with Gasteiger partial charge in [-0.05, 0) is 37.8 Å². The molecule has 1 aliphatic rings. The maximum absolute atomic E-state index is 12.8. The van der Waals surface area contributed by atoms with E-state index < -0.39 is 45.9 Å². The molecule has 1 aliphatic heterocycles. The van der Waals surface area contributed by atoms with Crippen molar-refractivity contribution in [2.45, 2.75) is 56.0 Å². The van der Waals surface area contributed by atoms with Gasteiger partial charge in [0.25, 0.3) is 10.0 Å². The average molecular weight is 535 g/mol. The molecule has 37 heavy (non-hydrogen) atoms. The number of carbonyl (C=O) groups excluding carboxylic acids is 3. The summed E-state index contributed by atoms with van der Waals surface area (Å²) >= 11 is 0. The summed E-state index contributed by atoms with van der Waals surface area (Å²) in [6.07, 6.45) is 4.31. The Labute approximate surface area is 214 Å². The minimum absolute atomic E-state index is 0.0188. The zero-order valence-corrected chi connectivity index (χ0v) is 21.1. The van der Waals surface area contributed by atoms with E-state index in [1.165, 1.54) is 23.5 Å². The molecule has 14 heteroatoms. The third kappa shape index (κ3) is 7.52. The Balaban J connectivity index is 1.53. The molecule has 1 aromatic heterocycles. The van der Waals surface area contributed by atoms with Gasteiger partial charge >= 0.3 is 12.0 Å². The molecule has 0 aliphatic carbocycles. The van der Waals surface area contributed by atoms with Crippen LogP contribution in [0.25, 0.3) is 0 Å². The van der Waals surface area contributed by atoms with Crippen LogP contribution in [0.2, 0.25) is 0 Å². The summed E-state index contributed by atoms with van der Waals surface area (Å²) in [6, 6.07) is 3.26. The molecule has 2 atom stereocenters. The van der Waals surface area contributed by atoms with Crippen LogP contribution in [0.1, 0.15) is 36.9 Å². The van der Waals surface area contributed by atoms with E-state index in [-0.39, 0.29) is 30.8 Å². The molecule has 0 bridgehead atoms. The van der Waals surface area contributed by atoms with Gasteiger partial charge in [-0.3, -0.25) is 9.59 Å². The number of hydrogen-bond acceptors (Lipinski definition) is 7. The highest BCUT2D eigenvalue weighted by molar-refractivity contribution is 7.90. The number of piperidine rings is 1. The fourth-order valence-electron chi connectivity index (χ4n) is 4.03. The lowest BCUT2D eigenvalue weighted by atomic mass is 10.0. The maximum Gasteiger partial charge on any atom is 0.331 e. The van der Waals surface area contributed by atoms with Gasteiger partial charge in [-0.15, -0.1) is 0 Å². The van der Waals surface area contributed by atoms with Gasteiger partial charge in [-0.1, -0.05) is 18.2 Å². The number of carbonyl (C=O) groups is 4. The Bertz CT molecular complexity index is 1230. The van der Waals surface area contributed by atoms with Crippen molar-refractivity contribution in [2.75, 3.05) is 13.1 Å². The van der Waals surface area contributed by atoms with Crippen LogP contribution in [0.4, 0.5) is 4.79 Å². The molecule has 4 amide bonds. The van der Waals surface area contributed by atoms with Crippen molar-refractivity contribution in [3.05, 3.63) is 48.0 Å². The quantitative estimate of drug-likeness (QED) is 0.287. The predicted octanol–water partition coefficient (Wildman–Crippen LogP) is 0.289. The van der Waals surface area contributed by atoms with Crippen LogP contribution in [0.5, 0.6) is 0 Å². The third-order valence-electron chi connectivity index (χ3n) is 5.93. The minimum Gasteiger partial charge on any atom is -0.480 e. The van der Waals surface area contributed by atoms with Gasteiger partial charge in [0.2, 0.25) is 11.8 Å². The first kappa shape index (κ1) is 27.6. The summed E-state index contributed by atoms with van der Waals surface area (Å²) < 4.78 is 27.5. The second-order valence-electron chi connectivity index (χ2n) is 8.66. The van der Waals surface area contributed by atoms with Gasteiger partial charge in [0.1, 0.15) is 12.1 Å². The average Bonchev–Trinajstić information content (AvgIpc) is 3.36. The smallest absolute Gasteiger partial charge is 0.331 e. The number of aryl methyl sites for hydroxylation is 1. The summed E-state index contributed by atoms with van der Waals surface area (Å²) in [7, 11) is -4.13. The summed E-state index contributed by atoms with van der Waals surface area (Å²) in [5.74, 6) is -2.31. The van der Waals surface area contributed by atoms with Crippen molar-refractivity contribution in [3.8, 4) is 0 Å². The van der Waals surface area contributed by atoms with E-state index in [9.17, 15) is 32.7 Å². The number of carboxylic acids is 1. The summed E-state index contributed by atoms with van der Waals surface area (Å²) in [5.41, 5.74) is 1.02. The van der Waals surface area contributed by atoms with Crippen LogP contribution >= 0.6 is 0 Å². The van der Waals surface area contributed by atoms with E-state index in [4.69, 9.17) is 0 Å². The molecule has 5 N–H and O–H groups in total. The van der Waals surface area contributed by atoms with Crippen LogP contribution in [0.15, 0.2) is 41.7 Å².